The largest absolute Gasteiger partial charge is 0.356 e. The predicted molar refractivity (Wildman–Crippen MR) is 155 cm³/mol. The summed E-state index contributed by atoms with van der Waals surface area (Å²) in [6, 6.07) is 23.4. The molecule has 1 aromatic heterocycles. The number of fused-ring (bicyclic) bond motifs is 7. The zero-order chi connectivity index (χ0) is 27.8. The van der Waals surface area contributed by atoms with Crippen molar-refractivity contribution >= 4 is 28.6 Å². The van der Waals surface area contributed by atoms with E-state index in [9.17, 15) is 14.4 Å². The van der Waals surface area contributed by atoms with Gasteiger partial charge in [0, 0.05) is 41.5 Å². The first-order chi connectivity index (χ1) is 19.4. The van der Waals surface area contributed by atoms with Gasteiger partial charge in [-0.2, -0.15) is 0 Å². The lowest BCUT2D eigenvalue weighted by molar-refractivity contribution is -0.132. The lowest BCUT2D eigenvalue weighted by atomic mass is 9.89. The van der Waals surface area contributed by atoms with E-state index < -0.39 is 12.1 Å². The Morgan fingerprint density at radius 2 is 1.70 bits per heavy atom. The average molecular weight is 535 g/mol. The van der Waals surface area contributed by atoms with Crippen LogP contribution in [-0.4, -0.2) is 46.2 Å². The van der Waals surface area contributed by atoms with Crippen LogP contribution in [0.2, 0.25) is 0 Å². The van der Waals surface area contributed by atoms with E-state index in [1.807, 2.05) is 72.8 Å². The Bertz CT molecular complexity index is 1580. The summed E-state index contributed by atoms with van der Waals surface area (Å²) in [6.07, 6.45) is 1.59. The fourth-order valence-corrected chi connectivity index (χ4v) is 6.07. The van der Waals surface area contributed by atoms with Crippen molar-refractivity contribution in [3.8, 4) is 0 Å². The molecule has 0 fully saturated rings. The van der Waals surface area contributed by atoms with Crippen LogP contribution in [-0.2, 0) is 22.4 Å². The van der Waals surface area contributed by atoms with Crippen molar-refractivity contribution < 1.29 is 14.4 Å². The van der Waals surface area contributed by atoms with Crippen LogP contribution < -0.4 is 10.6 Å². The molecule has 4 aromatic rings. The number of hydrogen-bond acceptors (Lipinski definition) is 3. The number of hydrogen-bond donors (Lipinski definition) is 3. The third-order valence-electron chi connectivity index (χ3n) is 8.09. The fourth-order valence-electron chi connectivity index (χ4n) is 6.07. The molecule has 0 saturated carbocycles. The first-order valence-electron chi connectivity index (χ1n) is 14.1. The van der Waals surface area contributed by atoms with E-state index in [4.69, 9.17) is 0 Å². The van der Waals surface area contributed by atoms with E-state index in [1.165, 1.54) is 0 Å². The summed E-state index contributed by atoms with van der Waals surface area (Å²) < 4.78 is 0. The first kappa shape index (κ1) is 25.9. The van der Waals surface area contributed by atoms with Crippen LogP contribution in [0.25, 0.3) is 10.9 Å². The molecule has 0 saturated heterocycles. The summed E-state index contributed by atoms with van der Waals surface area (Å²) in [5.74, 6) is -0.239. The van der Waals surface area contributed by atoms with Crippen LogP contribution in [0.3, 0.4) is 0 Å². The molecule has 3 heterocycles. The summed E-state index contributed by atoms with van der Waals surface area (Å²) >= 11 is 0. The number of amides is 3. The quantitative estimate of drug-likeness (QED) is 0.310. The minimum Gasteiger partial charge on any atom is -0.356 e. The maximum Gasteiger partial charge on any atom is 0.255 e. The molecule has 40 heavy (non-hydrogen) atoms. The Labute approximate surface area is 234 Å². The molecule has 0 spiro atoms. The number of benzene rings is 3. The number of rotatable bonds is 8. The van der Waals surface area contributed by atoms with Crippen molar-refractivity contribution in [2.75, 3.05) is 6.54 Å². The van der Waals surface area contributed by atoms with Gasteiger partial charge in [-0.15, -0.1) is 0 Å². The number of H-pyrrole nitrogens is 1. The van der Waals surface area contributed by atoms with Gasteiger partial charge >= 0.3 is 0 Å². The number of carbonyl (C=O) groups is 3. The monoisotopic (exact) mass is 534 g/mol. The number of para-hydroxylation sites is 1. The molecule has 3 atom stereocenters. The van der Waals surface area contributed by atoms with Gasteiger partial charge in [-0.25, -0.2) is 0 Å². The Morgan fingerprint density at radius 1 is 0.975 bits per heavy atom. The SMILES string of the molecule is CC(C)CCNC(=O)[C@H](Cc1ccccc1)NC(=O)[C@@H]1Cc2c([nH]c3ccccc23)[C@@H]2c3ccccc3C(=O)N21. The van der Waals surface area contributed by atoms with E-state index in [2.05, 4.69) is 35.5 Å². The standard InChI is InChI=1S/C33H34N4O3/c1-20(2)16-17-34-31(38)27(18-21-10-4-3-5-11-21)36-32(39)28-19-25-22-12-8-9-15-26(22)35-29(25)30-23-13-6-7-14-24(23)33(40)37(28)30/h3-15,20,27-28,30,35H,16-19H2,1-2H3,(H,34,38)(H,36,39)/t27-,28-,30-/m0/s1. The molecule has 3 amide bonds. The van der Waals surface area contributed by atoms with Crippen molar-refractivity contribution in [1.29, 1.82) is 0 Å². The number of aromatic amines is 1. The molecule has 2 aliphatic heterocycles. The average Bonchev–Trinajstić information content (AvgIpc) is 3.48. The van der Waals surface area contributed by atoms with Crippen LogP contribution in [0, 0.1) is 5.92 Å². The van der Waals surface area contributed by atoms with Crippen LogP contribution in [0.1, 0.15) is 59.1 Å². The van der Waals surface area contributed by atoms with Crippen molar-refractivity contribution in [3.63, 3.8) is 0 Å². The van der Waals surface area contributed by atoms with E-state index in [-0.39, 0.29) is 23.8 Å². The van der Waals surface area contributed by atoms with Gasteiger partial charge in [-0.3, -0.25) is 14.4 Å². The zero-order valence-corrected chi connectivity index (χ0v) is 22.8. The molecule has 0 aliphatic carbocycles. The van der Waals surface area contributed by atoms with Gasteiger partial charge in [0.25, 0.3) is 5.91 Å². The highest BCUT2D eigenvalue weighted by Gasteiger charge is 2.49. The maximum absolute atomic E-state index is 14.1. The predicted octanol–water partition coefficient (Wildman–Crippen LogP) is 4.53. The third-order valence-corrected chi connectivity index (χ3v) is 8.09. The topological polar surface area (TPSA) is 94.3 Å². The second-order valence-electron chi connectivity index (χ2n) is 11.2. The molecule has 3 aromatic carbocycles. The minimum absolute atomic E-state index is 0.161. The third kappa shape index (κ3) is 4.66. The Hall–Kier alpha value is -4.39. The van der Waals surface area contributed by atoms with E-state index in [0.717, 1.165) is 39.7 Å². The van der Waals surface area contributed by atoms with Crippen LogP contribution >= 0.6 is 0 Å². The second kappa shape index (κ2) is 10.6. The summed E-state index contributed by atoms with van der Waals surface area (Å²) in [5, 5.41) is 7.11. The van der Waals surface area contributed by atoms with E-state index in [0.29, 0.717) is 30.9 Å². The normalized spacial score (nSPS) is 18.3. The number of nitrogens with one attached hydrogen (secondary N) is 3. The Kier molecular flexibility index (Phi) is 6.88. The van der Waals surface area contributed by atoms with Gasteiger partial charge in [-0.05, 0) is 41.2 Å². The lowest BCUT2D eigenvalue weighted by Crippen LogP contribution is -2.57. The summed E-state index contributed by atoms with van der Waals surface area (Å²) in [4.78, 5) is 46.4. The first-order valence-corrected chi connectivity index (χ1v) is 14.1. The molecule has 7 nitrogen and oxygen atoms in total. The molecule has 7 heteroatoms. The molecule has 204 valence electrons. The van der Waals surface area contributed by atoms with Gasteiger partial charge in [-0.1, -0.05) is 80.6 Å². The van der Waals surface area contributed by atoms with Crippen LogP contribution in [0.5, 0.6) is 0 Å². The molecule has 2 aliphatic rings. The number of aromatic nitrogens is 1. The van der Waals surface area contributed by atoms with Gasteiger partial charge < -0.3 is 20.5 Å². The highest BCUT2D eigenvalue weighted by Crippen LogP contribution is 2.46. The van der Waals surface area contributed by atoms with Crippen molar-refractivity contribution in [1.82, 2.24) is 20.5 Å². The van der Waals surface area contributed by atoms with Crippen molar-refractivity contribution in [2.45, 2.75) is 51.2 Å². The Morgan fingerprint density at radius 3 is 2.50 bits per heavy atom. The van der Waals surface area contributed by atoms with Gasteiger partial charge in [0.05, 0.1) is 6.04 Å². The molecular weight excluding hydrogens is 500 g/mol. The highest BCUT2D eigenvalue weighted by atomic mass is 16.2. The van der Waals surface area contributed by atoms with Gasteiger partial charge in [0.2, 0.25) is 11.8 Å². The van der Waals surface area contributed by atoms with E-state index in [1.54, 1.807) is 4.90 Å². The van der Waals surface area contributed by atoms with Gasteiger partial charge in [0.15, 0.2) is 0 Å². The van der Waals surface area contributed by atoms with Gasteiger partial charge in [0.1, 0.15) is 12.1 Å². The van der Waals surface area contributed by atoms with Crippen molar-refractivity contribution in [3.05, 3.63) is 107 Å². The Balaban J connectivity index is 1.34. The van der Waals surface area contributed by atoms with E-state index >= 15 is 0 Å². The summed E-state index contributed by atoms with van der Waals surface area (Å²) in [5.41, 5.74) is 5.45. The minimum atomic E-state index is -0.759. The molecule has 0 bridgehead atoms. The van der Waals surface area contributed by atoms with Crippen molar-refractivity contribution in [2.24, 2.45) is 5.92 Å². The lowest BCUT2D eigenvalue weighted by Gasteiger charge is -2.37. The number of nitrogens with zero attached hydrogens (tertiary/aromatic N) is 1. The highest BCUT2D eigenvalue weighted by molar-refractivity contribution is 6.04. The molecule has 0 radical (unpaired) electrons. The van der Waals surface area contributed by atoms with Crippen LogP contribution in [0.4, 0.5) is 0 Å². The molecule has 0 unspecified atom stereocenters. The zero-order valence-electron chi connectivity index (χ0n) is 22.8. The summed E-state index contributed by atoms with van der Waals surface area (Å²) in [7, 11) is 0. The second-order valence-corrected chi connectivity index (χ2v) is 11.2. The summed E-state index contributed by atoms with van der Waals surface area (Å²) in [6.45, 7) is 4.76. The maximum atomic E-state index is 14.1. The molecular formula is C33H34N4O3. The smallest absolute Gasteiger partial charge is 0.255 e. The fraction of sp³-hybridized carbons (Fsp3) is 0.303. The number of carbonyl (C=O) groups excluding carboxylic acids is 3. The van der Waals surface area contributed by atoms with Crippen LogP contribution in [0.15, 0.2) is 78.9 Å². The molecule has 3 N–H and O–H groups in total. The molecule has 6 rings (SSSR count).